The Morgan fingerprint density at radius 2 is 0.768 bits per heavy atom. The van der Waals surface area contributed by atoms with Crippen LogP contribution in [-0.2, 0) is 0 Å². The summed E-state index contributed by atoms with van der Waals surface area (Å²) < 4.78 is 8.74. The molecule has 0 aliphatic heterocycles. The highest BCUT2D eigenvalue weighted by molar-refractivity contribution is 6.26. The third-order valence-corrected chi connectivity index (χ3v) is 14.1. The van der Waals surface area contributed by atoms with Crippen LogP contribution in [0.15, 0.2) is 259 Å². The van der Waals surface area contributed by atoms with E-state index in [1.165, 1.54) is 70.8 Å². The molecule has 0 aliphatic rings. The lowest BCUT2D eigenvalue weighted by atomic mass is 9.94. The van der Waals surface area contributed by atoms with Crippen molar-refractivity contribution in [1.29, 1.82) is 0 Å². The van der Waals surface area contributed by atoms with Gasteiger partial charge in [-0.15, -0.1) is 0 Å². The summed E-state index contributed by atoms with van der Waals surface area (Å²) in [6.07, 6.45) is 0. The van der Waals surface area contributed by atoms with Gasteiger partial charge in [0.15, 0.2) is 0 Å². The van der Waals surface area contributed by atoms with Crippen LogP contribution in [0.5, 0.6) is 0 Å². The Kier molecular flexibility index (Phi) is 8.90. The highest BCUT2D eigenvalue weighted by Crippen LogP contribution is 2.44. The Hall–Kier alpha value is -9.18. The van der Waals surface area contributed by atoms with E-state index in [0.717, 1.165) is 61.4 Å². The molecule has 0 amide bonds. The van der Waals surface area contributed by atoms with Gasteiger partial charge >= 0.3 is 0 Å². The number of anilines is 3. The molecule has 0 fully saturated rings. The van der Waals surface area contributed by atoms with E-state index in [4.69, 9.17) is 4.42 Å². The van der Waals surface area contributed by atoms with Gasteiger partial charge in [-0.3, -0.25) is 0 Å². The molecule has 322 valence electrons. The van der Waals surface area contributed by atoms with Crippen molar-refractivity contribution in [2.45, 2.75) is 0 Å². The molecular weight excluding hydrogens is 837 g/mol. The van der Waals surface area contributed by atoms with E-state index < -0.39 is 0 Å². The van der Waals surface area contributed by atoms with Gasteiger partial charge in [-0.05, 0) is 145 Å². The van der Waals surface area contributed by atoms with Gasteiger partial charge in [-0.25, -0.2) is 0 Å². The molecule has 12 aromatic carbocycles. The highest BCUT2D eigenvalue weighted by atomic mass is 16.3. The molecule has 0 spiro atoms. The molecule has 2 aromatic heterocycles. The lowest BCUT2D eigenvalue weighted by Crippen LogP contribution is -2.10. The molecule has 69 heavy (non-hydrogen) atoms. The largest absolute Gasteiger partial charge is 0.456 e. The maximum atomic E-state index is 6.35. The number of benzene rings is 12. The zero-order valence-corrected chi connectivity index (χ0v) is 37.6. The zero-order valence-electron chi connectivity index (χ0n) is 37.6. The molecule has 0 saturated carbocycles. The van der Waals surface area contributed by atoms with Crippen LogP contribution in [-0.4, -0.2) is 4.57 Å². The molecule has 0 bridgehead atoms. The van der Waals surface area contributed by atoms with Gasteiger partial charge in [0.25, 0.3) is 0 Å². The van der Waals surface area contributed by atoms with E-state index in [1.54, 1.807) is 0 Å². The molecule has 2 heterocycles. The highest BCUT2D eigenvalue weighted by Gasteiger charge is 2.19. The average molecular weight is 879 g/mol. The monoisotopic (exact) mass is 878 g/mol. The maximum absolute atomic E-state index is 6.35. The Morgan fingerprint density at radius 1 is 0.275 bits per heavy atom. The van der Waals surface area contributed by atoms with E-state index in [9.17, 15) is 0 Å². The molecule has 0 aliphatic carbocycles. The minimum absolute atomic E-state index is 0.889. The molecule has 0 saturated heterocycles. The Labute approximate surface area is 399 Å². The van der Waals surface area contributed by atoms with Crippen LogP contribution in [0.25, 0.3) is 115 Å². The van der Waals surface area contributed by atoms with E-state index >= 15 is 0 Å². The van der Waals surface area contributed by atoms with E-state index in [1.807, 2.05) is 6.07 Å². The third kappa shape index (κ3) is 6.36. The zero-order chi connectivity index (χ0) is 45.4. The fourth-order valence-corrected chi connectivity index (χ4v) is 11.0. The number of para-hydroxylation sites is 3. The average Bonchev–Trinajstić information content (AvgIpc) is 3.98. The first-order valence-electron chi connectivity index (χ1n) is 23.7. The van der Waals surface area contributed by atoms with Crippen molar-refractivity contribution in [1.82, 2.24) is 4.57 Å². The van der Waals surface area contributed by atoms with Crippen LogP contribution in [0.1, 0.15) is 0 Å². The van der Waals surface area contributed by atoms with Gasteiger partial charge in [0.2, 0.25) is 0 Å². The van der Waals surface area contributed by atoms with E-state index in [0.29, 0.717) is 0 Å². The number of hydrogen-bond donors (Lipinski definition) is 0. The van der Waals surface area contributed by atoms with Crippen molar-refractivity contribution < 1.29 is 4.42 Å². The number of hydrogen-bond acceptors (Lipinski definition) is 2. The number of rotatable bonds is 7. The Bertz CT molecular complexity index is 4240. The molecule has 14 aromatic rings. The summed E-state index contributed by atoms with van der Waals surface area (Å²) in [6.45, 7) is 0. The van der Waals surface area contributed by atoms with Crippen LogP contribution in [0.4, 0.5) is 17.1 Å². The van der Waals surface area contributed by atoms with E-state index in [2.05, 4.69) is 258 Å². The van der Waals surface area contributed by atoms with Crippen molar-refractivity contribution in [3.05, 3.63) is 255 Å². The molecule has 3 heteroatoms. The SMILES string of the molecule is c1cc(-c2ccc(N(c3cccc(-c4cccc5oc6ccccc6c45)c3)c3ccc4c5ccccc5c5ccccc5c4c3)cc2)cc(-c2cccc(-n3c4ccccc4c4ccccc43)c2)c1. The van der Waals surface area contributed by atoms with Gasteiger partial charge in [-0.1, -0.05) is 176 Å². The Morgan fingerprint density at radius 3 is 1.48 bits per heavy atom. The van der Waals surface area contributed by atoms with Crippen molar-refractivity contribution in [3.63, 3.8) is 0 Å². The second-order valence-electron chi connectivity index (χ2n) is 18.0. The quantitative estimate of drug-likeness (QED) is 0.149. The summed E-state index contributed by atoms with van der Waals surface area (Å²) in [5.74, 6) is 0. The Balaban J connectivity index is 0.886. The fraction of sp³-hybridized carbons (Fsp3) is 0. The molecular formula is C66H42N2O. The first-order chi connectivity index (χ1) is 34.2. The van der Waals surface area contributed by atoms with Crippen LogP contribution < -0.4 is 4.90 Å². The summed E-state index contributed by atoms with van der Waals surface area (Å²) in [4.78, 5) is 2.40. The second kappa shape index (κ2) is 15.7. The lowest BCUT2D eigenvalue weighted by Gasteiger charge is -2.27. The van der Waals surface area contributed by atoms with Gasteiger partial charge in [0.05, 0.1) is 11.0 Å². The van der Waals surface area contributed by atoms with E-state index in [-0.39, 0.29) is 0 Å². The standard InChI is InChI=1S/C66H42N2O/c1-2-23-55-53(21-1)54-22-3-4-24-56(54)61-42-51(37-38-57(55)61)67(49-19-13-18-47(41-49)52-28-14-32-65-66(52)60-27-7-10-31-64(60)69-65)48-35-33-43(34-36-48)44-15-11-16-45(39-44)46-17-12-20-50(40-46)68-62-29-8-5-25-58(62)59-26-6-9-30-63(59)68/h1-42H. The van der Waals surface area contributed by atoms with Crippen LogP contribution in [0.3, 0.4) is 0 Å². The second-order valence-corrected chi connectivity index (χ2v) is 18.0. The van der Waals surface area contributed by atoms with Crippen molar-refractivity contribution >= 4 is 93.1 Å². The fourth-order valence-electron chi connectivity index (χ4n) is 11.0. The topological polar surface area (TPSA) is 21.3 Å². The molecule has 3 nitrogen and oxygen atoms in total. The molecule has 0 unspecified atom stereocenters. The summed E-state index contributed by atoms with van der Waals surface area (Å²) >= 11 is 0. The van der Waals surface area contributed by atoms with Crippen molar-refractivity contribution in [2.75, 3.05) is 4.90 Å². The predicted octanol–water partition coefficient (Wildman–Crippen LogP) is 18.6. The number of nitrogens with zero attached hydrogens (tertiary/aromatic N) is 2. The minimum atomic E-state index is 0.889. The normalized spacial score (nSPS) is 11.8. The third-order valence-electron chi connectivity index (χ3n) is 14.1. The summed E-state index contributed by atoms with van der Waals surface area (Å²) in [6, 6.07) is 92.5. The predicted molar refractivity (Wildman–Crippen MR) is 292 cm³/mol. The van der Waals surface area contributed by atoms with Crippen molar-refractivity contribution in [2.24, 2.45) is 0 Å². The van der Waals surface area contributed by atoms with Gasteiger partial charge in [0.1, 0.15) is 11.2 Å². The summed E-state index contributed by atoms with van der Waals surface area (Å²) in [7, 11) is 0. The maximum Gasteiger partial charge on any atom is 0.136 e. The van der Waals surface area contributed by atoms with Crippen molar-refractivity contribution in [3.8, 4) is 39.1 Å². The van der Waals surface area contributed by atoms with Crippen LogP contribution >= 0.6 is 0 Å². The molecule has 0 N–H and O–H groups in total. The smallest absolute Gasteiger partial charge is 0.136 e. The number of furan rings is 1. The lowest BCUT2D eigenvalue weighted by molar-refractivity contribution is 0.669. The van der Waals surface area contributed by atoms with Gasteiger partial charge in [0, 0.05) is 44.3 Å². The molecule has 0 atom stereocenters. The number of aromatic nitrogens is 1. The molecule has 0 radical (unpaired) electrons. The van der Waals surface area contributed by atoms with Gasteiger partial charge < -0.3 is 13.9 Å². The number of fused-ring (bicyclic) bond motifs is 12. The van der Waals surface area contributed by atoms with Gasteiger partial charge in [-0.2, -0.15) is 0 Å². The molecule has 14 rings (SSSR count). The minimum Gasteiger partial charge on any atom is -0.456 e. The summed E-state index contributed by atoms with van der Waals surface area (Å²) in [5.41, 5.74) is 15.5. The first-order valence-corrected chi connectivity index (χ1v) is 23.7. The summed E-state index contributed by atoms with van der Waals surface area (Å²) in [5, 5.41) is 12.3. The first kappa shape index (κ1) is 39.0. The van der Waals surface area contributed by atoms with Crippen LogP contribution in [0, 0.1) is 0 Å². The van der Waals surface area contributed by atoms with Crippen LogP contribution in [0.2, 0.25) is 0 Å².